The van der Waals surface area contributed by atoms with Crippen molar-refractivity contribution in [2.24, 2.45) is 0 Å². The molecular formula is C9H9ClO. The van der Waals surface area contributed by atoms with Crippen LogP contribution in [-0.2, 0) is 6.42 Å². The van der Waals surface area contributed by atoms with E-state index in [1.807, 2.05) is 12.1 Å². The van der Waals surface area contributed by atoms with Crippen LogP contribution >= 0.6 is 11.6 Å². The van der Waals surface area contributed by atoms with Gasteiger partial charge in [-0.3, -0.25) is 0 Å². The topological polar surface area (TPSA) is 20.2 Å². The van der Waals surface area contributed by atoms with E-state index in [2.05, 4.69) is 6.58 Å². The van der Waals surface area contributed by atoms with Crippen molar-refractivity contribution in [3.63, 3.8) is 0 Å². The van der Waals surface area contributed by atoms with Gasteiger partial charge in [-0.05, 0) is 17.7 Å². The van der Waals surface area contributed by atoms with Gasteiger partial charge >= 0.3 is 0 Å². The zero-order chi connectivity index (χ0) is 8.27. The van der Waals surface area contributed by atoms with Crippen LogP contribution in [0.5, 0.6) is 0 Å². The summed E-state index contributed by atoms with van der Waals surface area (Å²) in [6.45, 7) is 3.40. The molecule has 0 aromatic heterocycles. The Labute approximate surface area is 70.9 Å². The van der Waals surface area contributed by atoms with Crippen LogP contribution in [0.1, 0.15) is 5.56 Å². The Balaban J connectivity index is 2.74. The summed E-state index contributed by atoms with van der Waals surface area (Å²) in [5, 5.41) is 9.55. The lowest BCUT2D eigenvalue weighted by molar-refractivity contribution is 0.401. The summed E-state index contributed by atoms with van der Waals surface area (Å²) in [6.07, 6.45) is 0.497. The van der Waals surface area contributed by atoms with Gasteiger partial charge in [0.05, 0.1) is 5.76 Å². The highest BCUT2D eigenvalue weighted by Crippen LogP contribution is 2.11. The molecule has 1 nitrogen and oxygen atoms in total. The van der Waals surface area contributed by atoms with E-state index in [0.29, 0.717) is 11.4 Å². The first-order valence-corrected chi connectivity index (χ1v) is 3.67. The van der Waals surface area contributed by atoms with Crippen LogP contribution in [0.2, 0.25) is 5.02 Å². The van der Waals surface area contributed by atoms with Crippen molar-refractivity contribution in [2.75, 3.05) is 0 Å². The lowest BCUT2D eigenvalue weighted by Crippen LogP contribution is -1.86. The van der Waals surface area contributed by atoms with E-state index in [-0.39, 0.29) is 5.76 Å². The molecule has 0 saturated carbocycles. The Kier molecular flexibility index (Phi) is 2.55. The minimum atomic E-state index is 0.173. The van der Waals surface area contributed by atoms with Gasteiger partial charge in [-0.1, -0.05) is 30.3 Å². The molecule has 0 aliphatic rings. The second-order valence-electron chi connectivity index (χ2n) is 2.37. The molecule has 1 rings (SSSR count). The molecule has 0 bridgehead atoms. The van der Waals surface area contributed by atoms with Crippen molar-refractivity contribution in [3.8, 4) is 0 Å². The van der Waals surface area contributed by atoms with E-state index in [1.54, 1.807) is 12.1 Å². The maximum Gasteiger partial charge on any atom is 0.0894 e. The number of allylic oxidation sites excluding steroid dienone is 1. The van der Waals surface area contributed by atoms with Gasteiger partial charge in [0, 0.05) is 11.4 Å². The van der Waals surface area contributed by atoms with E-state index < -0.39 is 0 Å². The van der Waals surface area contributed by atoms with E-state index >= 15 is 0 Å². The van der Waals surface area contributed by atoms with Gasteiger partial charge in [-0.2, -0.15) is 0 Å². The number of hydrogen-bond donors (Lipinski definition) is 1. The minimum absolute atomic E-state index is 0.173. The zero-order valence-electron chi connectivity index (χ0n) is 6.05. The summed E-state index contributed by atoms with van der Waals surface area (Å²) in [5.74, 6) is 0.173. The number of benzene rings is 1. The summed E-state index contributed by atoms with van der Waals surface area (Å²) in [4.78, 5) is 0. The molecule has 0 saturated heterocycles. The number of rotatable bonds is 2. The van der Waals surface area contributed by atoms with Crippen molar-refractivity contribution < 1.29 is 5.11 Å². The van der Waals surface area contributed by atoms with Gasteiger partial charge in [0.25, 0.3) is 0 Å². The standard InChI is InChI=1S/C9H9ClO/c1-7(11)6-8-2-4-9(10)5-3-8/h2-5,11H,1,6H2. The minimum Gasteiger partial charge on any atom is -0.513 e. The Hall–Kier alpha value is -0.950. The molecule has 0 amide bonds. The first-order chi connectivity index (χ1) is 5.18. The van der Waals surface area contributed by atoms with Gasteiger partial charge in [-0.25, -0.2) is 0 Å². The molecule has 0 heterocycles. The Morgan fingerprint density at radius 1 is 1.36 bits per heavy atom. The van der Waals surface area contributed by atoms with Crippen LogP contribution in [0.4, 0.5) is 0 Å². The lowest BCUT2D eigenvalue weighted by Gasteiger charge is -1.98. The first kappa shape index (κ1) is 8.15. The fourth-order valence-electron chi connectivity index (χ4n) is 0.838. The highest BCUT2D eigenvalue weighted by atomic mass is 35.5. The SMILES string of the molecule is C=C(O)Cc1ccc(Cl)cc1. The van der Waals surface area contributed by atoms with Crippen LogP contribution in [0.25, 0.3) is 0 Å². The maximum atomic E-state index is 8.85. The molecule has 0 unspecified atom stereocenters. The molecule has 1 aromatic rings. The van der Waals surface area contributed by atoms with Gasteiger partial charge in [0.15, 0.2) is 0 Å². The second-order valence-corrected chi connectivity index (χ2v) is 2.81. The molecule has 11 heavy (non-hydrogen) atoms. The average Bonchev–Trinajstić information content (AvgIpc) is 1.93. The highest BCUT2D eigenvalue weighted by Gasteiger charge is 1.93. The summed E-state index contributed by atoms with van der Waals surface area (Å²) >= 11 is 5.66. The zero-order valence-corrected chi connectivity index (χ0v) is 6.80. The lowest BCUT2D eigenvalue weighted by atomic mass is 10.1. The molecular weight excluding hydrogens is 160 g/mol. The summed E-state index contributed by atoms with van der Waals surface area (Å²) < 4.78 is 0. The van der Waals surface area contributed by atoms with Crippen LogP contribution < -0.4 is 0 Å². The molecule has 0 radical (unpaired) electrons. The summed E-state index contributed by atoms with van der Waals surface area (Å²) in [7, 11) is 0. The molecule has 0 aliphatic heterocycles. The highest BCUT2D eigenvalue weighted by molar-refractivity contribution is 6.30. The van der Waals surface area contributed by atoms with E-state index in [4.69, 9.17) is 16.7 Å². The average molecular weight is 169 g/mol. The van der Waals surface area contributed by atoms with Crippen LogP contribution in [0.15, 0.2) is 36.6 Å². The maximum absolute atomic E-state index is 8.85. The first-order valence-electron chi connectivity index (χ1n) is 3.29. The number of aliphatic hydroxyl groups excluding tert-OH is 1. The number of halogens is 1. The molecule has 0 spiro atoms. The molecule has 1 aromatic carbocycles. The quantitative estimate of drug-likeness (QED) is 0.674. The third kappa shape index (κ3) is 2.64. The molecule has 0 atom stereocenters. The normalized spacial score (nSPS) is 9.55. The third-order valence-corrected chi connectivity index (χ3v) is 1.57. The van der Waals surface area contributed by atoms with E-state index in [1.165, 1.54) is 0 Å². The van der Waals surface area contributed by atoms with Crippen molar-refractivity contribution in [1.29, 1.82) is 0 Å². The summed E-state index contributed by atoms with van der Waals surface area (Å²) in [5.41, 5.74) is 1.02. The van der Waals surface area contributed by atoms with Crippen molar-refractivity contribution in [1.82, 2.24) is 0 Å². The van der Waals surface area contributed by atoms with Gasteiger partial charge in [-0.15, -0.1) is 0 Å². The van der Waals surface area contributed by atoms with Crippen LogP contribution in [0, 0.1) is 0 Å². The molecule has 58 valence electrons. The fourth-order valence-corrected chi connectivity index (χ4v) is 0.964. The van der Waals surface area contributed by atoms with E-state index in [0.717, 1.165) is 5.56 Å². The monoisotopic (exact) mass is 168 g/mol. The number of hydrogen-bond acceptors (Lipinski definition) is 1. The van der Waals surface area contributed by atoms with Crippen LogP contribution in [0.3, 0.4) is 0 Å². The predicted molar refractivity (Wildman–Crippen MR) is 46.9 cm³/mol. The smallest absolute Gasteiger partial charge is 0.0894 e. The molecule has 2 heteroatoms. The fraction of sp³-hybridized carbons (Fsp3) is 0.111. The summed E-state index contributed by atoms with van der Waals surface area (Å²) in [6, 6.07) is 7.31. The predicted octanol–water partition coefficient (Wildman–Crippen LogP) is 2.95. The van der Waals surface area contributed by atoms with Crippen molar-refractivity contribution in [3.05, 3.63) is 47.2 Å². The Morgan fingerprint density at radius 3 is 2.36 bits per heavy atom. The Morgan fingerprint density at radius 2 is 1.91 bits per heavy atom. The molecule has 1 N–H and O–H groups in total. The van der Waals surface area contributed by atoms with Crippen molar-refractivity contribution >= 4 is 11.6 Å². The van der Waals surface area contributed by atoms with Crippen LogP contribution in [-0.4, -0.2) is 5.11 Å². The second kappa shape index (κ2) is 3.44. The van der Waals surface area contributed by atoms with Gasteiger partial charge in [0.1, 0.15) is 0 Å². The van der Waals surface area contributed by atoms with E-state index in [9.17, 15) is 0 Å². The Bertz CT molecular complexity index is 251. The largest absolute Gasteiger partial charge is 0.513 e. The third-order valence-electron chi connectivity index (χ3n) is 1.32. The van der Waals surface area contributed by atoms with Gasteiger partial charge < -0.3 is 5.11 Å². The van der Waals surface area contributed by atoms with Crippen molar-refractivity contribution in [2.45, 2.75) is 6.42 Å². The molecule has 0 aliphatic carbocycles. The van der Waals surface area contributed by atoms with Gasteiger partial charge in [0.2, 0.25) is 0 Å². The molecule has 0 fully saturated rings. The number of aliphatic hydroxyl groups is 1.